The molecule has 2 atom stereocenters. The monoisotopic (exact) mass is 362 g/mol. The van der Waals surface area contributed by atoms with Crippen molar-refractivity contribution in [3.63, 3.8) is 0 Å². The van der Waals surface area contributed by atoms with Crippen molar-refractivity contribution in [1.82, 2.24) is 9.78 Å². The van der Waals surface area contributed by atoms with Crippen LogP contribution in [0.15, 0.2) is 29.3 Å². The molecule has 25 heavy (non-hydrogen) atoms. The van der Waals surface area contributed by atoms with E-state index in [1.165, 1.54) is 32.1 Å². The Kier molecular flexibility index (Phi) is 6.63. The van der Waals surface area contributed by atoms with Crippen molar-refractivity contribution < 1.29 is 4.74 Å². The summed E-state index contributed by atoms with van der Waals surface area (Å²) in [6.45, 7) is 5.12. The lowest BCUT2D eigenvalue weighted by molar-refractivity contribution is 0.202. The highest BCUT2D eigenvalue weighted by atomic mass is 35.5. The topological polar surface area (TPSA) is 27.1 Å². The molecule has 1 aromatic rings. The Labute approximate surface area is 157 Å². The molecule has 0 aromatic carbocycles. The van der Waals surface area contributed by atoms with Gasteiger partial charge in [-0.05, 0) is 44.6 Å². The van der Waals surface area contributed by atoms with Gasteiger partial charge in [0.2, 0.25) is 5.88 Å². The van der Waals surface area contributed by atoms with Crippen LogP contribution < -0.4 is 4.74 Å². The Bertz CT molecular complexity index is 613. The summed E-state index contributed by atoms with van der Waals surface area (Å²) < 4.78 is 8.38. The quantitative estimate of drug-likeness (QED) is 0.589. The van der Waals surface area contributed by atoms with E-state index in [1.807, 2.05) is 12.2 Å². The van der Waals surface area contributed by atoms with Gasteiger partial charge >= 0.3 is 0 Å². The summed E-state index contributed by atoms with van der Waals surface area (Å²) in [5.41, 5.74) is 1.14. The van der Waals surface area contributed by atoms with Crippen molar-refractivity contribution in [3.8, 4) is 5.88 Å². The standard InChI is InChI=1S/C21H31ClN2O/c1-3-9-19-14-21(25-15-18-12-7-8-13-20(18)22)24(23-19)16(2)17-10-5-4-6-11-17/h7-8,13-14,16-18H,3-6,9-12,15H2,1-2H3. The second-order valence-electron chi connectivity index (χ2n) is 7.53. The molecule has 1 aromatic heterocycles. The van der Waals surface area contributed by atoms with Crippen LogP contribution in [0.3, 0.4) is 0 Å². The summed E-state index contributed by atoms with van der Waals surface area (Å²) in [4.78, 5) is 0. The van der Waals surface area contributed by atoms with E-state index in [-0.39, 0.29) is 5.92 Å². The van der Waals surface area contributed by atoms with Crippen LogP contribution in [0.2, 0.25) is 0 Å². The maximum Gasteiger partial charge on any atom is 0.212 e. The minimum absolute atomic E-state index is 0.259. The molecule has 1 saturated carbocycles. The zero-order chi connectivity index (χ0) is 17.6. The lowest BCUT2D eigenvalue weighted by Crippen LogP contribution is -2.22. The molecular weight excluding hydrogens is 332 g/mol. The second-order valence-corrected chi connectivity index (χ2v) is 7.97. The van der Waals surface area contributed by atoms with Crippen LogP contribution in [0.25, 0.3) is 0 Å². The SMILES string of the molecule is CCCc1cc(OCC2CC=CC=C2Cl)n(C(C)C2CCCCC2)n1. The maximum atomic E-state index is 6.34. The normalized spacial score (nSPS) is 22.7. The number of nitrogens with zero attached hydrogens (tertiary/aromatic N) is 2. The van der Waals surface area contributed by atoms with Gasteiger partial charge in [0.25, 0.3) is 0 Å². The van der Waals surface area contributed by atoms with Crippen LogP contribution in [0.4, 0.5) is 0 Å². The van der Waals surface area contributed by atoms with Gasteiger partial charge in [-0.15, -0.1) is 0 Å². The largest absolute Gasteiger partial charge is 0.477 e. The third-order valence-corrected chi connectivity index (χ3v) is 6.05. The number of aromatic nitrogens is 2. The van der Waals surface area contributed by atoms with Gasteiger partial charge in [-0.1, -0.05) is 56.4 Å². The molecule has 0 bridgehead atoms. The average molecular weight is 363 g/mol. The van der Waals surface area contributed by atoms with E-state index in [9.17, 15) is 0 Å². The van der Waals surface area contributed by atoms with Crippen molar-refractivity contribution in [2.75, 3.05) is 6.61 Å². The van der Waals surface area contributed by atoms with E-state index in [1.54, 1.807) is 0 Å². The summed E-state index contributed by atoms with van der Waals surface area (Å²) in [5.74, 6) is 1.89. The first-order chi connectivity index (χ1) is 12.2. The summed E-state index contributed by atoms with van der Waals surface area (Å²) in [5, 5.41) is 5.78. The van der Waals surface area contributed by atoms with Crippen molar-refractivity contribution in [1.29, 1.82) is 0 Å². The molecule has 1 heterocycles. The van der Waals surface area contributed by atoms with Crippen molar-refractivity contribution in [2.45, 2.75) is 71.3 Å². The Balaban J connectivity index is 1.72. The highest BCUT2D eigenvalue weighted by molar-refractivity contribution is 6.30. The van der Waals surface area contributed by atoms with Crippen molar-refractivity contribution in [3.05, 3.63) is 35.0 Å². The number of hydrogen-bond acceptors (Lipinski definition) is 2. The minimum Gasteiger partial charge on any atom is -0.477 e. The molecule has 0 N–H and O–H groups in total. The summed E-state index contributed by atoms with van der Waals surface area (Å²) in [7, 11) is 0. The molecule has 0 radical (unpaired) electrons. The smallest absolute Gasteiger partial charge is 0.212 e. The van der Waals surface area contributed by atoms with Crippen LogP contribution >= 0.6 is 11.6 Å². The van der Waals surface area contributed by atoms with Gasteiger partial charge in [0.05, 0.1) is 18.3 Å². The van der Waals surface area contributed by atoms with Gasteiger partial charge in [0.15, 0.2) is 0 Å². The van der Waals surface area contributed by atoms with E-state index >= 15 is 0 Å². The molecule has 2 aliphatic carbocycles. The first-order valence-electron chi connectivity index (χ1n) is 9.92. The predicted molar refractivity (Wildman–Crippen MR) is 104 cm³/mol. The number of hydrogen-bond donors (Lipinski definition) is 0. The fourth-order valence-electron chi connectivity index (χ4n) is 4.00. The first-order valence-corrected chi connectivity index (χ1v) is 10.3. The molecule has 0 saturated heterocycles. The number of ether oxygens (including phenoxy) is 1. The average Bonchev–Trinajstić information content (AvgIpc) is 3.04. The Morgan fingerprint density at radius 2 is 2.12 bits per heavy atom. The van der Waals surface area contributed by atoms with E-state index in [4.69, 9.17) is 21.4 Å². The van der Waals surface area contributed by atoms with E-state index in [2.05, 4.69) is 30.7 Å². The lowest BCUT2D eigenvalue weighted by atomic mass is 9.85. The Hall–Kier alpha value is -1.22. The molecule has 0 aliphatic heterocycles. The number of allylic oxidation sites excluding steroid dienone is 3. The number of halogens is 1. The minimum atomic E-state index is 0.259. The third kappa shape index (κ3) is 4.69. The van der Waals surface area contributed by atoms with Crippen LogP contribution in [0, 0.1) is 11.8 Å². The Morgan fingerprint density at radius 3 is 2.84 bits per heavy atom. The molecule has 3 nitrogen and oxygen atoms in total. The van der Waals surface area contributed by atoms with E-state index in [0.717, 1.165) is 35.9 Å². The molecule has 2 unspecified atom stereocenters. The molecule has 0 amide bonds. The second kappa shape index (κ2) is 8.93. The third-order valence-electron chi connectivity index (χ3n) is 5.61. The number of aryl methyl sites for hydroxylation is 1. The van der Waals surface area contributed by atoms with Gasteiger partial charge < -0.3 is 4.74 Å². The summed E-state index contributed by atoms with van der Waals surface area (Å²) in [6.07, 6.45) is 15.9. The molecule has 3 rings (SSSR count). The lowest BCUT2D eigenvalue weighted by Gasteiger charge is -2.29. The van der Waals surface area contributed by atoms with E-state index in [0.29, 0.717) is 18.6 Å². The molecule has 2 aliphatic rings. The van der Waals surface area contributed by atoms with Gasteiger partial charge in [-0.2, -0.15) is 5.10 Å². The van der Waals surface area contributed by atoms with E-state index < -0.39 is 0 Å². The van der Waals surface area contributed by atoms with Crippen molar-refractivity contribution in [2.24, 2.45) is 11.8 Å². The summed E-state index contributed by atoms with van der Waals surface area (Å²) >= 11 is 6.34. The predicted octanol–water partition coefficient (Wildman–Crippen LogP) is 6.05. The zero-order valence-electron chi connectivity index (χ0n) is 15.6. The van der Waals surface area contributed by atoms with Gasteiger partial charge in [0.1, 0.15) is 0 Å². The summed E-state index contributed by atoms with van der Waals surface area (Å²) in [6, 6.07) is 2.54. The fraction of sp³-hybridized carbons (Fsp3) is 0.667. The zero-order valence-corrected chi connectivity index (χ0v) is 16.3. The number of rotatable bonds is 7. The van der Waals surface area contributed by atoms with Gasteiger partial charge in [0, 0.05) is 17.0 Å². The van der Waals surface area contributed by atoms with Gasteiger partial charge in [-0.25, -0.2) is 4.68 Å². The molecule has 1 fully saturated rings. The fourth-order valence-corrected chi connectivity index (χ4v) is 4.23. The molecule has 4 heteroatoms. The van der Waals surface area contributed by atoms with Crippen molar-refractivity contribution >= 4 is 11.6 Å². The molecular formula is C21H31ClN2O. The molecule has 0 spiro atoms. The molecule has 138 valence electrons. The van der Waals surface area contributed by atoms with Crippen LogP contribution in [-0.2, 0) is 6.42 Å². The van der Waals surface area contributed by atoms with Crippen LogP contribution in [0.5, 0.6) is 5.88 Å². The highest BCUT2D eigenvalue weighted by Gasteiger charge is 2.25. The van der Waals surface area contributed by atoms with Crippen LogP contribution in [-0.4, -0.2) is 16.4 Å². The Morgan fingerprint density at radius 1 is 1.32 bits per heavy atom. The highest BCUT2D eigenvalue weighted by Crippen LogP contribution is 2.35. The first kappa shape index (κ1) is 18.6. The van der Waals surface area contributed by atoms with Gasteiger partial charge in [-0.3, -0.25) is 0 Å². The maximum absolute atomic E-state index is 6.34. The van der Waals surface area contributed by atoms with Crippen LogP contribution in [0.1, 0.15) is 70.5 Å².